The zero-order chi connectivity index (χ0) is 11.8. The summed E-state index contributed by atoms with van der Waals surface area (Å²) in [6, 6.07) is 0. The van der Waals surface area contributed by atoms with Gasteiger partial charge in [0.15, 0.2) is 5.13 Å². The van der Waals surface area contributed by atoms with Gasteiger partial charge in [0.1, 0.15) is 5.82 Å². The van der Waals surface area contributed by atoms with E-state index in [0.29, 0.717) is 11.0 Å². The lowest BCUT2D eigenvalue weighted by Gasteiger charge is -1.95. The normalized spacial score (nSPS) is 14.9. The molecule has 0 aromatic carbocycles. The lowest BCUT2D eigenvalue weighted by atomic mass is 10.4. The number of amides is 1. The van der Waals surface area contributed by atoms with Crippen LogP contribution >= 0.6 is 11.3 Å². The van der Waals surface area contributed by atoms with Gasteiger partial charge in [-0.25, -0.2) is 9.97 Å². The second-order valence-electron chi connectivity index (χ2n) is 4.05. The van der Waals surface area contributed by atoms with Crippen LogP contribution in [0.15, 0.2) is 6.20 Å². The van der Waals surface area contributed by atoms with E-state index in [1.165, 1.54) is 11.3 Å². The Morgan fingerprint density at radius 1 is 1.59 bits per heavy atom. The number of hydrogen-bond acceptors (Lipinski definition) is 5. The van der Waals surface area contributed by atoms with Gasteiger partial charge in [-0.05, 0) is 19.8 Å². The van der Waals surface area contributed by atoms with Crippen LogP contribution in [0.1, 0.15) is 40.1 Å². The predicted octanol–water partition coefficient (Wildman–Crippen LogP) is 1.70. The third kappa shape index (κ3) is 2.19. The highest BCUT2D eigenvalue weighted by Crippen LogP contribution is 2.37. The molecule has 0 bridgehead atoms. The molecule has 1 saturated carbocycles. The number of carbonyl (C=O) groups is 1. The van der Waals surface area contributed by atoms with E-state index in [9.17, 15) is 4.79 Å². The smallest absolute Gasteiger partial charge is 0.295 e. The van der Waals surface area contributed by atoms with Crippen LogP contribution in [0.2, 0.25) is 0 Å². The Balaban J connectivity index is 1.72. The van der Waals surface area contributed by atoms with Crippen LogP contribution < -0.4 is 5.32 Å². The molecule has 1 aliphatic rings. The minimum Gasteiger partial charge on any atom is -0.295 e. The predicted molar refractivity (Wildman–Crippen MR) is 63.2 cm³/mol. The highest BCUT2D eigenvalue weighted by Gasteiger charge is 2.28. The molecule has 2 N–H and O–H groups in total. The first-order chi connectivity index (χ1) is 8.22. The Kier molecular flexibility index (Phi) is 2.40. The maximum atomic E-state index is 11.8. The number of nitrogens with zero attached hydrogens (tertiary/aromatic N) is 3. The number of nitrogens with one attached hydrogen (secondary N) is 2. The molecule has 2 aromatic heterocycles. The summed E-state index contributed by atoms with van der Waals surface area (Å²) >= 11 is 1.43. The van der Waals surface area contributed by atoms with Crippen LogP contribution in [0.5, 0.6) is 0 Å². The number of carbonyl (C=O) groups excluding carboxylic acids is 1. The van der Waals surface area contributed by atoms with E-state index in [4.69, 9.17) is 0 Å². The summed E-state index contributed by atoms with van der Waals surface area (Å²) in [6.45, 7) is 1.94. The number of aromatic amines is 1. The van der Waals surface area contributed by atoms with Gasteiger partial charge in [0.05, 0.1) is 0 Å². The Hall–Kier alpha value is -1.76. The van der Waals surface area contributed by atoms with Gasteiger partial charge in [-0.3, -0.25) is 15.2 Å². The fourth-order valence-corrected chi connectivity index (χ4v) is 2.14. The summed E-state index contributed by atoms with van der Waals surface area (Å²) in [5.41, 5.74) is 0. The molecule has 2 aromatic rings. The summed E-state index contributed by atoms with van der Waals surface area (Å²) in [5, 5.41) is 9.96. The zero-order valence-corrected chi connectivity index (χ0v) is 10.0. The molecule has 0 spiro atoms. The van der Waals surface area contributed by atoms with Gasteiger partial charge in [-0.15, -0.1) is 16.4 Å². The van der Waals surface area contributed by atoms with Gasteiger partial charge in [-0.2, -0.15) is 0 Å². The summed E-state index contributed by atoms with van der Waals surface area (Å²) in [5.74, 6) is 1.14. The lowest BCUT2D eigenvalue weighted by molar-refractivity contribution is 0.101. The van der Waals surface area contributed by atoms with Gasteiger partial charge in [0.2, 0.25) is 5.82 Å². The molecule has 1 fully saturated rings. The van der Waals surface area contributed by atoms with Crippen molar-refractivity contribution >= 4 is 22.4 Å². The van der Waals surface area contributed by atoms with Crippen LogP contribution in [-0.2, 0) is 0 Å². The van der Waals surface area contributed by atoms with Gasteiger partial charge >= 0.3 is 0 Å². The van der Waals surface area contributed by atoms with Crippen molar-refractivity contribution in [1.29, 1.82) is 0 Å². The van der Waals surface area contributed by atoms with E-state index in [1.54, 1.807) is 6.20 Å². The number of anilines is 1. The Morgan fingerprint density at radius 3 is 3.06 bits per heavy atom. The molecule has 3 rings (SSSR count). The van der Waals surface area contributed by atoms with Gasteiger partial charge in [0.25, 0.3) is 5.91 Å². The monoisotopic (exact) mass is 249 g/mol. The number of aromatic nitrogens is 4. The van der Waals surface area contributed by atoms with Crippen molar-refractivity contribution in [3.8, 4) is 0 Å². The number of thiazole rings is 1. The second-order valence-corrected chi connectivity index (χ2v) is 5.28. The lowest BCUT2D eigenvalue weighted by Crippen LogP contribution is -2.13. The van der Waals surface area contributed by atoms with Crippen molar-refractivity contribution in [3.63, 3.8) is 0 Å². The number of H-pyrrole nitrogens is 1. The van der Waals surface area contributed by atoms with E-state index >= 15 is 0 Å². The van der Waals surface area contributed by atoms with Crippen molar-refractivity contribution in [2.75, 3.05) is 5.32 Å². The van der Waals surface area contributed by atoms with E-state index in [1.807, 2.05) is 6.92 Å². The first-order valence-electron chi connectivity index (χ1n) is 5.38. The highest BCUT2D eigenvalue weighted by molar-refractivity contribution is 7.15. The third-order valence-corrected chi connectivity index (χ3v) is 3.34. The van der Waals surface area contributed by atoms with Crippen molar-refractivity contribution in [3.05, 3.63) is 22.7 Å². The van der Waals surface area contributed by atoms with E-state index in [-0.39, 0.29) is 11.7 Å². The second kappa shape index (κ2) is 3.92. The molecule has 0 aliphatic heterocycles. The maximum absolute atomic E-state index is 11.8. The van der Waals surface area contributed by atoms with E-state index in [0.717, 1.165) is 23.5 Å². The maximum Gasteiger partial charge on any atom is 0.297 e. The van der Waals surface area contributed by atoms with E-state index in [2.05, 4.69) is 25.5 Å². The van der Waals surface area contributed by atoms with Gasteiger partial charge < -0.3 is 0 Å². The molecule has 0 radical (unpaired) electrons. The number of hydrogen-bond donors (Lipinski definition) is 2. The quantitative estimate of drug-likeness (QED) is 0.867. The minimum absolute atomic E-state index is 0.180. The SMILES string of the molecule is Cc1cnc(NC(=O)c2n[nH]c(C3CC3)n2)s1. The molecule has 88 valence electrons. The average molecular weight is 249 g/mol. The summed E-state index contributed by atoms with van der Waals surface area (Å²) < 4.78 is 0. The fourth-order valence-electron chi connectivity index (χ4n) is 1.48. The van der Waals surface area contributed by atoms with Crippen molar-refractivity contribution < 1.29 is 4.79 Å². The third-order valence-electron chi connectivity index (χ3n) is 2.51. The van der Waals surface area contributed by atoms with Crippen molar-refractivity contribution in [2.24, 2.45) is 0 Å². The Labute approximate surface area is 101 Å². The van der Waals surface area contributed by atoms with Crippen LogP contribution in [0, 0.1) is 6.92 Å². The topological polar surface area (TPSA) is 83.6 Å². The number of aryl methyl sites for hydroxylation is 1. The minimum atomic E-state index is -0.317. The zero-order valence-electron chi connectivity index (χ0n) is 9.23. The van der Waals surface area contributed by atoms with E-state index < -0.39 is 0 Å². The summed E-state index contributed by atoms with van der Waals surface area (Å²) in [6.07, 6.45) is 3.97. The van der Waals surface area contributed by atoms with Crippen LogP contribution in [0.4, 0.5) is 5.13 Å². The average Bonchev–Trinajstić information content (AvgIpc) is 2.88. The molecule has 0 atom stereocenters. The molecule has 6 nitrogen and oxygen atoms in total. The largest absolute Gasteiger partial charge is 0.297 e. The van der Waals surface area contributed by atoms with Crippen molar-refractivity contribution in [2.45, 2.75) is 25.7 Å². The first-order valence-corrected chi connectivity index (χ1v) is 6.20. The Morgan fingerprint density at radius 2 is 2.41 bits per heavy atom. The molecule has 2 heterocycles. The first kappa shape index (κ1) is 10.4. The molecular formula is C10H11N5OS. The van der Waals surface area contributed by atoms with Crippen molar-refractivity contribution in [1.82, 2.24) is 20.2 Å². The Bertz CT molecular complexity index is 557. The number of rotatable bonds is 3. The van der Waals surface area contributed by atoms with Gasteiger partial charge in [-0.1, -0.05) is 0 Å². The summed E-state index contributed by atoms with van der Waals surface area (Å²) in [4.78, 5) is 21.1. The fraction of sp³-hybridized carbons (Fsp3) is 0.400. The molecule has 1 aliphatic carbocycles. The molecule has 0 unspecified atom stereocenters. The molecule has 0 saturated heterocycles. The van der Waals surface area contributed by atoms with Crippen LogP contribution in [0.25, 0.3) is 0 Å². The van der Waals surface area contributed by atoms with Gasteiger partial charge in [0, 0.05) is 17.0 Å². The molecular weight excluding hydrogens is 238 g/mol. The van der Waals surface area contributed by atoms with Crippen LogP contribution in [-0.4, -0.2) is 26.1 Å². The standard InChI is InChI=1S/C10H11N5OS/c1-5-4-11-10(17-5)13-9(16)8-12-7(14-15-8)6-2-3-6/h4,6H,2-3H2,1H3,(H,11,13,16)(H,12,14,15). The molecule has 1 amide bonds. The highest BCUT2D eigenvalue weighted by atomic mass is 32.1. The van der Waals surface area contributed by atoms with Crippen LogP contribution in [0.3, 0.4) is 0 Å². The molecule has 7 heteroatoms. The molecule has 17 heavy (non-hydrogen) atoms. The summed E-state index contributed by atoms with van der Waals surface area (Å²) in [7, 11) is 0.